The van der Waals surface area contributed by atoms with Gasteiger partial charge in [-0.25, -0.2) is 0 Å². The van der Waals surface area contributed by atoms with Crippen LogP contribution < -0.4 is 5.32 Å². The number of benzene rings is 2. The van der Waals surface area contributed by atoms with Crippen LogP contribution >= 0.6 is 34.7 Å². The Bertz CT molecular complexity index is 1050. The molecule has 2 aromatic carbocycles. The number of nitrogens with zero attached hydrogens (tertiary/aromatic N) is 2. The highest BCUT2D eigenvalue weighted by Gasteiger charge is 2.51. The Balaban J connectivity index is 1.51. The maximum atomic E-state index is 13.0. The summed E-state index contributed by atoms with van der Waals surface area (Å²) in [7, 11) is 0. The maximum Gasteiger partial charge on any atom is 0.416 e. The number of halogens is 4. The molecule has 0 aliphatic heterocycles. The number of aromatic nitrogens is 2. The molecule has 1 saturated carbocycles. The van der Waals surface area contributed by atoms with Gasteiger partial charge in [0.2, 0.25) is 5.91 Å². The lowest BCUT2D eigenvalue weighted by Crippen LogP contribution is -2.28. The molecule has 0 spiro atoms. The zero-order valence-corrected chi connectivity index (χ0v) is 17.1. The molecule has 1 aliphatic rings. The molecule has 1 fully saturated rings. The molecule has 0 radical (unpaired) electrons. The van der Waals surface area contributed by atoms with Crippen molar-refractivity contribution in [2.45, 2.75) is 33.7 Å². The van der Waals surface area contributed by atoms with Gasteiger partial charge in [0.1, 0.15) is 5.51 Å². The third kappa shape index (κ3) is 4.26. The van der Waals surface area contributed by atoms with Crippen molar-refractivity contribution in [1.29, 1.82) is 0 Å². The predicted molar refractivity (Wildman–Crippen MR) is 106 cm³/mol. The second-order valence-corrected chi connectivity index (χ2v) is 9.10. The van der Waals surface area contributed by atoms with Crippen LogP contribution in [0.2, 0.25) is 5.02 Å². The van der Waals surface area contributed by atoms with E-state index in [1.54, 1.807) is 29.8 Å². The molecule has 1 aliphatic carbocycles. The van der Waals surface area contributed by atoms with Crippen molar-refractivity contribution in [3.63, 3.8) is 0 Å². The molecule has 4 rings (SSSR count). The fourth-order valence-electron chi connectivity index (χ4n) is 2.98. The summed E-state index contributed by atoms with van der Waals surface area (Å²) in [6.07, 6.45) is -3.45. The minimum Gasteiger partial charge on any atom is -0.325 e. The van der Waals surface area contributed by atoms with E-state index in [2.05, 4.69) is 15.5 Å². The lowest BCUT2D eigenvalue weighted by Gasteiger charge is -2.18. The SMILES string of the molecule is O=C(Nc1ccc(Sc2nncs2)c(Cl)c1)C1(c2cccc(C(F)(F)F)c2)CC1. The topological polar surface area (TPSA) is 54.9 Å². The molecule has 29 heavy (non-hydrogen) atoms. The van der Waals surface area contributed by atoms with Gasteiger partial charge in [0.05, 0.1) is 16.0 Å². The predicted octanol–water partition coefficient (Wildman–Crippen LogP) is 6.03. The van der Waals surface area contributed by atoms with Gasteiger partial charge >= 0.3 is 6.18 Å². The van der Waals surface area contributed by atoms with Crippen molar-refractivity contribution in [3.05, 3.63) is 64.1 Å². The summed E-state index contributed by atoms with van der Waals surface area (Å²) in [5, 5.41) is 10.9. The second-order valence-electron chi connectivity index (χ2n) is 6.57. The number of hydrogen-bond acceptors (Lipinski definition) is 5. The molecule has 1 N–H and O–H groups in total. The molecule has 0 saturated heterocycles. The van der Waals surface area contributed by atoms with E-state index in [4.69, 9.17) is 11.6 Å². The lowest BCUT2D eigenvalue weighted by molar-refractivity contribution is -0.137. The molecule has 0 atom stereocenters. The molecule has 1 aromatic heterocycles. The summed E-state index contributed by atoms with van der Waals surface area (Å²) in [5.41, 5.74) is 0.788. The normalized spacial score (nSPS) is 15.2. The second kappa shape index (κ2) is 7.62. The highest BCUT2D eigenvalue weighted by molar-refractivity contribution is 8.01. The van der Waals surface area contributed by atoms with Gasteiger partial charge in [-0.2, -0.15) is 13.2 Å². The van der Waals surface area contributed by atoms with Crippen LogP contribution in [0.3, 0.4) is 0 Å². The van der Waals surface area contributed by atoms with Gasteiger partial charge in [0.25, 0.3) is 0 Å². The highest BCUT2D eigenvalue weighted by atomic mass is 35.5. The summed E-state index contributed by atoms with van der Waals surface area (Å²) in [6.45, 7) is 0. The van der Waals surface area contributed by atoms with E-state index in [9.17, 15) is 18.0 Å². The minimum atomic E-state index is -4.45. The Labute approximate surface area is 177 Å². The zero-order valence-electron chi connectivity index (χ0n) is 14.7. The Morgan fingerprint density at radius 2 is 2.00 bits per heavy atom. The Kier molecular flexibility index (Phi) is 5.30. The van der Waals surface area contributed by atoms with E-state index >= 15 is 0 Å². The van der Waals surface area contributed by atoms with Crippen LogP contribution in [-0.2, 0) is 16.4 Å². The van der Waals surface area contributed by atoms with E-state index in [0.717, 1.165) is 21.4 Å². The van der Waals surface area contributed by atoms with Gasteiger partial charge in [-0.3, -0.25) is 4.79 Å². The zero-order chi connectivity index (χ0) is 20.6. The average molecular weight is 456 g/mol. The van der Waals surface area contributed by atoms with Gasteiger partial charge < -0.3 is 5.32 Å². The van der Waals surface area contributed by atoms with Crippen LogP contribution in [0.25, 0.3) is 0 Å². The fraction of sp³-hybridized carbons (Fsp3) is 0.211. The molecule has 1 heterocycles. The molecule has 10 heteroatoms. The molecular weight excluding hydrogens is 443 g/mol. The third-order valence-corrected chi connectivity index (χ3v) is 6.93. The standard InChI is InChI=1S/C19H13ClF3N3OS2/c20-14-9-13(4-5-15(14)29-17-26-24-10-28-17)25-16(27)18(6-7-18)11-2-1-3-12(8-11)19(21,22)23/h1-5,8-10H,6-7H2,(H,25,27). The number of anilines is 1. The number of carbonyl (C=O) groups excluding carboxylic acids is 1. The molecule has 0 unspecified atom stereocenters. The summed E-state index contributed by atoms with van der Waals surface area (Å²) in [4.78, 5) is 13.6. The van der Waals surface area contributed by atoms with Crippen LogP contribution in [0.15, 0.2) is 57.2 Å². The average Bonchev–Trinajstić information content (AvgIpc) is 3.34. The van der Waals surface area contributed by atoms with Gasteiger partial charge in [-0.05, 0) is 42.7 Å². The smallest absolute Gasteiger partial charge is 0.325 e. The largest absolute Gasteiger partial charge is 0.416 e. The van der Waals surface area contributed by atoms with Gasteiger partial charge in [-0.1, -0.05) is 52.9 Å². The molecule has 4 nitrogen and oxygen atoms in total. The molecule has 1 amide bonds. The first-order chi connectivity index (χ1) is 13.8. The Hall–Kier alpha value is -2.10. The van der Waals surface area contributed by atoms with Crippen LogP contribution in [0.1, 0.15) is 24.0 Å². The van der Waals surface area contributed by atoms with Gasteiger partial charge in [0, 0.05) is 10.6 Å². The number of hydrogen-bond donors (Lipinski definition) is 1. The van der Waals surface area contributed by atoms with Crippen molar-refractivity contribution in [1.82, 2.24) is 10.2 Å². The highest BCUT2D eigenvalue weighted by Crippen LogP contribution is 2.50. The molecule has 0 bridgehead atoms. The monoisotopic (exact) mass is 455 g/mol. The lowest BCUT2D eigenvalue weighted by atomic mass is 9.93. The molecular formula is C19H13ClF3N3OS2. The van der Waals surface area contributed by atoms with E-state index in [1.165, 1.54) is 29.2 Å². The third-order valence-electron chi connectivity index (χ3n) is 4.65. The first kappa shape index (κ1) is 20.2. The van der Waals surface area contributed by atoms with Crippen molar-refractivity contribution >= 4 is 46.3 Å². The summed E-state index contributed by atoms with van der Waals surface area (Å²) >= 11 is 9.05. The van der Waals surface area contributed by atoms with Crippen LogP contribution in [-0.4, -0.2) is 16.1 Å². The van der Waals surface area contributed by atoms with E-state index in [-0.39, 0.29) is 5.91 Å². The Morgan fingerprint density at radius 3 is 2.62 bits per heavy atom. The van der Waals surface area contributed by atoms with Crippen LogP contribution in [0, 0.1) is 0 Å². The van der Waals surface area contributed by atoms with E-state index in [0.29, 0.717) is 29.1 Å². The summed E-state index contributed by atoms with van der Waals surface area (Å²) in [6, 6.07) is 10.0. The van der Waals surface area contributed by atoms with Crippen LogP contribution in [0.5, 0.6) is 0 Å². The Morgan fingerprint density at radius 1 is 1.21 bits per heavy atom. The van der Waals surface area contributed by atoms with Crippen molar-refractivity contribution in [2.24, 2.45) is 0 Å². The number of nitrogens with one attached hydrogen (secondary N) is 1. The number of alkyl halides is 3. The quantitative estimate of drug-likeness (QED) is 0.510. The van der Waals surface area contributed by atoms with Crippen LogP contribution in [0.4, 0.5) is 18.9 Å². The van der Waals surface area contributed by atoms with Crippen molar-refractivity contribution < 1.29 is 18.0 Å². The van der Waals surface area contributed by atoms with Gasteiger partial charge in [-0.15, -0.1) is 10.2 Å². The van der Waals surface area contributed by atoms with Crippen molar-refractivity contribution in [3.8, 4) is 0 Å². The van der Waals surface area contributed by atoms with Gasteiger partial charge in [0.15, 0.2) is 4.34 Å². The van der Waals surface area contributed by atoms with E-state index < -0.39 is 17.2 Å². The fourth-order valence-corrected chi connectivity index (χ4v) is 4.71. The first-order valence-corrected chi connectivity index (χ1v) is 10.6. The minimum absolute atomic E-state index is 0.336. The summed E-state index contributed by atoms with van der Waals surface area (Å²) in [5.74, 6) is -0.336. The first-order valence-electron chi connectivity index (χ1n) is 8.51. The summed E-state index contributed by atoms with van der Waals surface area (Å²) < 4.78 is 39.8. The molecule has 150 valence electrons. The number of carbonyl (C=O) groups is 1. The van der Waals surface area contributed by atoms with Crippen molar-refractivity contribution in [2.75, 3.05) is 5.32 Å². The van der Waals surface area contributed by atoms with E-state index in [1.807, 2.05) is 0 Å². The maximum absolute atomic E-state index is 13.0. The number of amides is 1. The molecule has 3 aromatic rings. The number of rotatable bonds is 5.